The minimum Gasteiger partial charge on any atom is -0.489 e. The van der Waals surface area contributed by atoms with Gasteiger partial charge in [0.15, 0.2) is 5.17 Å². The number of thioether (sulfide) groups is 1. The second kappa shape index (κ2) is 8.70. The van der Waals surface area contributed by atoms with E-state index in [-0.39, 0.29) is 5.91 Å². The van der Waals surface area contributed by atoms with E-state index in [9.17, 15) is 4.79 Å². The molecule has 1 amide bonds. The van der Waals surface area contributed by atoms with Crippen LogP contribution in [0.3, 0.4) is 0 Å². The van der Waals surface area contributed by atoms with Gasteiger partial charge in [-0.15, -0.1) is 0 Å². The Labute approximate surface area is 172 Å². The van der Waals surface area contributed by atoms with Gasteiger partial charge in [-0.2, -0.15) is 0 Å². The molecule has 4 nitrogen and oxygen atoms in total. The Balaban J connectivity index is 1.86. The topological polar surface area (TPSA) is 50.7 Å². The molecule has 0 spiro atoms. The van der Waals surface area contributed by atoms with Crippen molar-refractivity contribution in [1.82, 2.24) is 5.32 Å². The summed E-state index contributed by atoms with van der Waals surface area (Å²) in [6, 6.07) is 13.2. The van der Waals surface area contributed by atoms with Gasteiger partial charge in [-0.1, -0.05) is 44.5 Å². The molecule has 1 aliphatic heterocycles. The highest BCUT2D eigenvalue weighted by molar-refractivity contribution is 9.10. The smallest absolute Gasteiger partial charge is 0.264 e. The second-order valence-corrected chi connectivity index (χ2v) is 8.10. The predicted molar refractivity (Wildman–Crippen MR) is 115 cm³/mol. The zero-order chi connectivity index (χ0) is 18.5. The third-order valence-electron chi connectivity index (χ3n) is 3.32. The molecule has 0 saturated carbocycles. The van der Waals surface area contributed by atoms with E-state index in [2.05, 4.69) is 48.7 Å². The van der Waals surface area contributed by atoms with Crippen molar-refractivity contribution in [2.75, 3.05) is 6.61 Å². The number of ether oxygens (including phenoxy) is 1. The molecule has 1 aliphatic rings. The average molecular weight is 494 g/mol. The number of amidine groups is 1. The number of halogens is 2. The molecule has 0 aromatic heterocycles. The molecule has 0 radical (unpaired) electrons. The standard InChI is InChI=1S/C19H14Br2N2O2S/c1-2-9-25-16-8-5-14(21)10-12(16)11-17-18(24)23-19(26-17)22-15-6-3-13(20)4-7-15/h2-8,10-11H,1,9H2,(H,22,23,24)/b17-11-. The van der Waals surface area contributed by atoms with E-state index in [4.69, 9.17) is 4.74 Å². The molecule has 3 rings (SSSR count). The number of nitrogens with zero attached hydrogens (tertiary/aromatic N) is 1. The van der Waals surface area contributed by atoms with E-state index in [0.29, 0.717) is 22.4 Å². The van der Waals surface area contributed by atoms with Gasteiger partial charge in [0, 0.05) is 14.5 Å². The van der Waals surface area contributed by atoms with Crippen LogP contribution < -0.4 is 10.1 Å². The molecule has 132 valence electrons. The third kappa shape index (κ3) is 4.87. The summed E-state index contributed by atoms with van der Waals surface area (Å²) in [5, 5.41) is 3.34. The van der Waals surface area contributed by atoms with Gasteiger partial charge in [0.05, 0.1) is 10.6 Å². The number of rotatable bonds is 5. The van der Waals surface area contributed by atoms with Crippen LogP contribution >= 0.6 is 43.6 Å². The van der Waals surface area contributed by atoms with Gasteiger partial charge in [-0.25, -0.2) is 4.99 Å². The molecule has 0 unspecified atom stereocenters. The van der Waals surface area contributed by atoms with Crippen LogP contribution in [0.25, 0.3) is 6.08 Å². The van der Waals surface area contributed by atoms with Crippen LogP contribution in [0.4, 0.5) is 5.69 Å². The van der Waals surface area contributed by atoms with Gasteiger partial charge in [0.25, 0.3) is 5.91 Å². The molecule has 0 atom stereocenters. The summed E-state index contributed by atoms with van der Waals surface area (Å²) in [5.41, 5.74) is 1.58. The van der Waals surface area contributed by atoms with E-state index >= 15 is 0 Å². The van der Waals surface area contributed by atoms with Crippen LogP contribution in [0.1, 0.15) is 5.56 Å². The summed E-state index contributed by atoms with van der Waals surface area (Å²) in [4.78, 5) is 17.3. The molecule has 1 fully saturated rings. The van der Waals surface area contributed by atoms with E-state index < -0.39 is 0 Å². The largest absolute Gasteiger partial charge is 0.489 e. The van der Waals surface area contributed by atoms with Crippen LogP contribution in [0, 0.1) is 0 Å². The minimum atomic E-state index is -0.180. The highest BCUT2D eigenvalue weighted by Gasteiger charge is 2.24. The number of carbonyl (C=O) groups excluding carboxylic acids is 1. The third-order valence-corrected chi connectivity index (χ3v) is 5.26. The van der Waals surface area contributed by atoms with Gasteiger partial charge in [-0.3, -0.25) is 4.79 Å². The van der Waals surface area contributed by atoms with Crippen LogP contribution in [0.2, 0.25) is 0 Å². The van der Waals surface area contributed by atoms with E-state index in [1.54, 1.807) is 12.2 Å². The average Bonchev–Trinajstić information content (AvgIpc) is 2.95. The van der Waals surface area contributed by atoms with Gasteiger partial charge in [-0.05, 0) is 60.3 Å². The molecule has 2 aromatic carbocycles. The zero-order valence-electron chi connectivity index (χ0n) is 13.5. The fourth-order valence-corrected chi connectivity index (χ4v) is 3.64. The molecule has 26 heavy (non-hydrogen) atoms. The van der Waals surface area contributed by atoms with Gasteiger partial charge >= 0.3 is 0 Å². The van der Waals surface area contributed by atoms with Gasteiger partial charge in [0.2, 0.25) is 0 Å². The number of hydrogen-bond donors (Lipinski definition) is 1. The Bertz CT molecular complexity index is 908. The van der Waals surface area contributed by atoms with Crippen molar-refractivity contribution >= 4 is 66.5 Å². The lowest BCUT2D eigenvalue weighted by Crippen LogP contribution is -2.19. The monoisotopic (exact) mass is 492 g/mol. The maximum Gasteiger partial charge on any atom is 0.264 e. The zero-order valence-corrected chi connectivity index (χ0v) is 17.5. The van der Waals surface area contributed by atoms with Crippen LogP contribution in [0.15, 0.2) is 74.0 Å². The molecule has 2 aromatic rings. The first-order chi connectivity index (χ1) is 12.5. The van der Waals surface area contributed by atoms with Crippen molar-refractivity contribution in [2.45, 2.75) is 0 Å². The Morgan fingerprint density at radius 1 is 1.15 bits per heavy atom. The first-order valence-electron chi connectivity index (χ1n) is 7.63. The Kier molecular flexibility index (Phi) is 6.34. The minimum absolute atomic E-state index is 0.180. The highest BCUT2D eigenvalue weighted by atomic mass is 79.9. The summed E-state index contributed by atoms with van der Waals surface area (Å²) in [6.07, 6.45) is 3.48. The van der Waals surface area contributed by atoms with Gasteiger partial charge < -0.3 is 10.1 Å². The van der Waals surface area contributed by atoms with E-state index in [1.165, 1.54) is 11.8 Å². The summed E-state index contributed by atoms with van der Waals surface area (Å²) in [7, 11) is 0. The fraction of sp³-hybridized carbons (Fsp3) is 0.0526. The highest BCUT2D eigenvalue weighted by Crippen LogP contribution is 2.32. The van der Waals surface area contributed by atoms with Crippen LogP contribution in [0.5, 0.6) is 5.75 Å². The van der Waals surface area contributed by atoms with Crippen molar-refractivity contribution < 1.29 is 9.53 Å². The maximum atomic E-state index is 12.3. The quantitative estimate of drug-likeness (QED) is 0.431. The summed E-state index contributed by atoms with van der Waals surface area (Å²) < 4.78 is 7.55. The molecule has 1 heterocycles. The van der Waals surface area contributed by atoms with E-state index in [0.717, 1.165) is 20.2 Å². The Morgan fingerprint density at radius 2 is 1.88 bits per heavy atom. The Morgan fingerprint density at radius 3 is 2.62 bits per heavy atom. The second-order valence-electron chi connectivity index (χ2n) is 5.24. The fourth-order valence-electron chi connectivity index (χ4n) is 2.17. The summed E-state index contributed by atoms with van der Waals surface area (Å²) in [6.45, 7) is 4.05. The van der Waals surface area contributed by atoms with Crippen molar-refractivity contribution in [3.05, 3.63) is 74.5 Å². The Hall–Kier alpha value is -1.83. The normalized spacial score (nSPS) is 16.8. The van der Waals surface area contributed by atoms with Crippen molar-refractivity contribution in [2.24, 2.45) is 4.99 Å². The van der Waals surface area contributed by atoms with Crippen LogP contribution in [-0.4, -0.2) is 17.7 Å². The lowest BCUT2D eigenvalue weighted by molar-refractivity contribution is -0.115. The lowest BCUT2D eigenvalue weighted by atomic mass is 10.2. The molecule has 1 N–H and O–H groups in total. The van der Waals surface area contributed by atoms with E-state index in [1.807, 2.05) is 42.5 Å². The number of carbonyl (C=O) groups is 1. The van der Waals surface area contributed by atoms with Crippen molar-refractivity contribution in [1.29, 1.82) is 0 Å². The lowest BCUT2D eigenvalue weighted by Gasteiger charge is -2.08. The number of hydrogen-bond acceptors (Lipinski definition) is 4. The number of amides is 1. The van der Waals surface area contributed by atoms with Gasteiger partial charge in [0.1, 0.15) is 12.4 Å². The summed E-state index contributed by atoms with van der Waals surface area (Å²) in [5.74, 6) is 0.507. The van der Waals surface area contributed by atoms with Crippen molar-refractivity contribution in [3.8, 4) is 5.75 Å². The molecule has 1 saturated heterocycles. The van der Waals surface area contributed by atoms with Crippen molar-refractivity contribution in [3.63, 3.8) is 0 Å². The first-order valence-corrected chi connectivity index (χ1v) is 10.0. The summed E-state index contributed by atoms with van der Waals surface area (Å²) >= 11 is 8.14. The maximum absolute atomic E-state index is 12.3. The first kappa shape index (κ1) is 18.9. The number of benzene rings is 2. The van der Waals surface area contributed by atoms with Crippen LogP contribution in [-0.2, 0) is 4.79 Å². The molecule has 0 bridgehead atoms. The SMILES string of the molecule is C=CCOc1ccc(Br)cc1/C=C1\SC(=Nc2ccc(Br)cc2)NC1=O. The molecular weight excluding hydrogens is 480 g/mol. The number of aliphatic imine (C=N–C) groups is 1. The predicted octanol–water partition coefficient (Wildman–Crippen LogP) is 5.67. The molecule has 7 heteroatoms. The molecular formula is C19H14Br2N2O2S. The number of nitrogens with one attached hydrogen (secondary N) is 1. The molecule has 0 aliphatic carbocycles.